The zero-order chi connectivity index (χ0) is 19.5. The second kappa shape index (κ2) is 10.9. The summed E-state index contributed by atoms with van der Waals surface area (Å²) >= 11 is 0. The Morgan fingerprint density at radius 2 is 2.07 bits per heavy atom. The molecule has 0 saturated heterocycles. The zero-order valence-electron chi connectivity index (χ0n) is 16.2. The molecule has 1 amide bonds. The highest BCUT2D eigenvalue weighted by atomic mass is 16.5. The number of benzene rings is 1. The number of guanidine groups is 1. The summed E-state index contributed by atoms with van der Waals surface area (Å²) in [5.74, 6) is 2.06. The lowest BCUT2D eigenvalue weighted by molar-refractivity contribution is -0.119. The van der Waals surface area contributed by atoms with Crippen LogP contribution in [-0.4, -0.2) is 38.6 Å². The first-order valence-electron chi connectivity index (χ1n) is 9.07. The van der Waals surface area contributed by atoms with Gasteiger partial charge in [-0.1, -0.05) is 12.1 Å². The monoisotopic (exact) mass is 372 g/mol. The molecule has 0 aliphatic rings. The van der Waals surface area contributed by atoms with Crippen molar-refractivity contribution in [1.29, 1.82) is 0 Å². The molecule has 1 heterocycles. The van der Waals surface area contributed by atoms with Crippen LogP contribution in [-0.2, 0) is 17.8 Å². The largest absolute Gasteiger partial charge is 0.496 e. The molecular formula is C20H28N4O3. The van der Waals surface area contributed by atoms with Crippen LogP contribution in [0.25, 0.3) is 0 Å². The Morgan fingerprint density at radius 1 is 1.22 bits per heavy atom. The number of carbonyl (C=O) groups excluding carboxylic acids is 1. The number of rotatable bonds is 9. The number of carbonyl (C=O) groups is 1. The first-order valence-corrected chi connectivity index (χ1v) is 9.07. The van der Waals surface area contributed by atoms with Crippen molar-refractivity contribution >= 4 is 11.9 Å². The lowest BCUT2D eigenvalue weighted by atomic mass is 10.1. The van der Waals surface area contributed by atoms with Gasteiger partial charge in [-0.3, -0.25) is 4.79 Å². The highest BCUT2D eigenvalue weighted by Gasteiger charge is 2.04. The molecule has 2 rings (SSSR count). The Hall–Kier alpha value is -2.96. The predicted molar refractivity (Wildman–Crippen MR) is 106 cm³/mol. The maximum atomic E-state index is 11.9. The molecule has 1 aromatic heterocycles. The van der Waals surface area contributed by atoms with Crippen LogP contribution < -0.4 is 20.7 Å². The average Bonchev–Trinajstić information content (AvgIpc) is 3.19. The Morgan fingerprint density at radius 3 is 2.78 bits per heavy atom. The van der Waals surface area contributed by atoms with E-state index in [4.69, 9.17) is 9.15 Å². The van der Waals surface area contributed by atoms with E-state index in [-0.39, 0.29) is 12.5 Å². The summed E-state index contributed by atoms with van der Waals surface area (Å²) in [6.45, 7) is 5.84. The van der Waals surface area contributed by atoms with Crippen LogP contribution in [0.4, 0.5) is 0 Å². The van der Waals surface area contributed by atoms with Crippen LogP contribution in [0.1, 0.15) is 23.8 Å². The van der Waals surface area contributed by atoms with Crippen LogP contribution in [0.3, 0.4) is 0 Å². The van der Waals surface area contributed by atoms with Crippen LogP contribution in [0.15, 0.2) is 46.0 Å². The molecule has 7 nitrogen and oxygen atoms in total. The minimum absolute atomic E-state index is 0.0500. The number of hydrogen-bond acceptors (Lipinski definition) is 4. The van der Waals surface area contributed by atoms with E-state index in [9.17, 15) is 4.79 Å². The fourth-order valence-corrected chi connectivity index (χ4v) is 2.49. The Labute approximate surface area is 160 Å². The second-order valence-electron chi connectivity index (χ2n) is 6.03. The number of methoxy groups -OCH3 is 1. The Bertz CT molecular complexity index is 742. The number of aryl methyl sites for hydroxylation is 1. The smallest absolute Gasteiger partial charge is 0.242 e. The van der Waals surface area contributed by atoms with Crippen molar-refractivity contribution in [1.82, 2.24) is 16.0 Å². The van der Waals surface area contributed by atoms with Gasteiger partial charge in [-0.2, -0.15) is 0 Å². The zero-order valence-corrected chi connectivity index (χ0v) is 16.2. The third kappa shape index (κ3) is 7.05. The summed E-state index contributed by atoms with van der Waals surface area (Å²) in [5, 5.41) is 9.16. The lowest BCUT2D eigenvalue weighted by Crippen LogP contribution is -2.39. The summed E-state index contributed by atoms with van der Waals surface area (Å²) in [6.07, 6.45) is 2.40. The fourth-order valence-electron chi connectivity index (χ4n) is 2.49. The van der Waals surface area contributed by atoms with E-state index in [0.717, 1.165) is 24.3 Å². The minimum Gasteiger partial charge on any atom is -0.496 e. The molecule has 7 heteroatoms. The van der Waals surface area contributed by atoms with E-state index in [1.165, 1.54) is 5.56 Å². The number of ether oxygens (including phenoxy) is 1. The number of nitrogens with zero attached hydrogens (tertiary/aromatic N) is 1. The molecule has 27 heavy (non-hydrogen) atoms. The Kier molecular flexibility index (Phi) is 8.22. The molecule has 0 bridgehead atoms. The van der Waals surface area contributed by atoms with Crippen molar-refractivity contribution in [3.8, 4) is 5.75 Å². The van der Waals surface area contributed by atoms with Gasteiger partial charge in [0.15, 0.2) is 5.96 Å². The van der Waals surface area contributed by atoms with E-state index in [1.54, 1.807) is 19.4 Å². The van der Waals surface area contributed by atoms with Gasteiger partial charge in [-0.05, 0) is 49.6 Å². The minimum atomic E-state index is -0.160. The van der Waals surface area contributed by atoms with Gasteiger partial charge in [0, 0.05) is 13.1 Å². The highest BCUT2D eigenvalue weighted by Crippen LogP contribution is 2.18. The van der Waals surface area contributed by atoms with Crippen LogP contribution in [0.5, 0.6) is 5.75 Å². The normalized spacial score (nSPS) is 11.1. The summed E-state index contributed by atoms with van der Waals surface area (Å²) in [6, 6.07) is 9.79. The van der Waals surface area contributed by atoms with E-state index >= 15 is 0 Å². The predicted octanol–water partition coefficient (Wildman–Crippen LogP) is 2.01. The van der Waals surface area contributed by atoms with E-state index in [0.29, 0.717) is 24.8 Å². The molecular weight excluding hydrogens is 344 g/mol. The van der Waals surface area contributed by atoms with Gasteiger partial charge in [-0.15, -0.1) is 0 Å². The lowest BCUT2D eigenvalue weighted by Gasteiger charge is -2.12. The number of furan rings is 1. The third-order valence-electron chi connectivity index (χ3n) is 3.94. The molecule has 0 saturated carbocycles. The van der Waals surface area contributed by atoms with Gasteiger partial charge in [0.1, 0.15) is 18.1 Å². The van der Waals surface area contributed by atoms with Gasteiger partial charge < -0.3 is 25.1 Å². The first kappa shape index (κ1) is 20.4. The number of hydrogen-bond donors (Lipinski definition) is 3. The maximum absolute atomic E-state index is 11.9. The SMILES string of the molecule is CCNC(=NCC(=O)NCc1ccco1)NCCc1ccc(C)c(OC)c1. The molecule has 0 aliphatic heterocycles. The third-order valence-corrected chi connectivity index (χ3v) is 3.94. The fraction of sp³-hybridized carbons (Fsp3) is 0.400. The maximum Gasteiger partial charge on any atom is 0.242 e. The molecule has 146 valence electrons. The van der Waals surface area contributed by atoms with Crippen molar-refractivity contribution in [3.05, 3.63) is 53.5 Å². The molecule has 0 atom stereocenters. The van der Waals surface area contributed by atoms with Crippen molar-refractivity contribution < 1.29 is 13.9 Å². The topological polar surface area (TPSA) is 87.9 Å². The molecule has 0 spiro atoms. The molecule has 0 unspecified atom stereocenters. The standard InChI is InChI=1S/C20H28N4O3/c1-4-21-20(24-14-19(25)23-13-17-6-5-11-27-17)22-10-9-16-8-7-15(2)18(12-16)26-3/h5-8,11-12H,4,9-10,13-14H2,1-3H3,(H,23,25)(H2,21,22,24). The van der Waals surface area contributed by atoms with E-state index < -0.39 is 0 Å². The van der Waals surface area contributed by atoms with Crippen molar-refractivity contribution in [2.45, 2.75) is 26.8 Å². The molecule has 0 radical (unpaired) electrons. The van der Waals surface area contributed by atoms with Gasteiger partial charge in [0.05, 0.1) is 19.9 Å². The summed E-state index contributed by atoms with van der Waals surface area (Å²) in [5.41, 5.74) is 2.29. The summed E-state index contributed by atoms with van der Waals surface area (Å²) in [4.78, 5) is 16.2. The van der Waals surface area contributed by atoms with Crippen LogP contribution in [0, 0.1) is 6.92 Å². The van der Waals surface area contributed by atoms with Crippen molar-refractivity contribution in [3.63, 3.8) is 0 Å². The van der Waals surface area contributed by atoms with Gasteiger partial charge in [0.2, 0.25) is 5.91 Å². The number of aliphatic imine (C=N–C) groups is 1. The van der Waals surface area contributed by atoms with Gasteiger partial charge in [-0.25, -0.2) is 4.99 Å². The van der Waals surface area contributed by atoms with Crippen LogP contribution >= 0.6 is 0 Å². The molecule has 3 N–H and O–H groups in total. The highest BCUT2D eigenvalue weighted by molar-refractivity contribution is 5.84. The number of nitrogens with one attached hydrogen (secondary N) is 3. The summed E-state index contributed by atoms with van der Waals surface area (Å²) in [7, 11) is 1.68. The Balaban J connectivity index is 1.79. The van der Waals surface area contributed by atoms with Gasteiger partial charge in [0.25, 0.3) is 0 Å². The summed E-state index contributed by atoms with van der Waals surface area (Å²) < 4.78 is 10.5. The molecule has 1 aromatic carbocycles. The van der Waals surface area contributed by atoms with Crippen LogP contribution in [0.2, 0.25) is 0 Å². The molecule has 0 aliphatic carbocycles. The molecule has 0 fully saturated rings. The van der Waals surface area contributed by atoms with Crippen molar-refractivity contribution in [2.75, 3.05) is 26.7 Å². The van der Waals surface area contributed by atoms with E-state index in [1.807, 2.05) is 26.0 Å². The second-order valence-corrected chi connectivity index (χ2v) is 6.03. The molecule has 2 aromatic rings. The average molecular weight is 372 g/mol. The first-order chi connectivity index (χ1) is 13.1. The van der Waals surface area contributed by atoms with Crippen molar-refractivity contribution in [2.24, 2.45) is 4.99 Å². The number of amides is 1. The quantitative estimate of drug-likeness (QED) is 0.463. The van der Waals surface area contributed by atoms with Gasteiger partial charge >= 0.3 is 0 Å². The van der Waals surface area contributed by atoms with E-state index in [2.05, 4.69) is 33.1 Å².